The zero-order valence-electron chi connectivity index (χ0n) is 4.65. The summed E-state index contributed by atoms with van der Waals surface area (Å²) >= 11 is 0. The maximum Gasteiger partial charge on any atom is 0.465 e. The Morgan fingerprint density at radius 1 is 1.67 bits per heavy atom. The Morgan fingerprint density at radius 2 is 2.22 bits per heavy atom. The molecule has 0 bridgehead atoms. The zero-order chi connectivity index (χ0) is 7.07. The molecule has 0 aromatic rings. The Bertz CT molecular complexity index is 183. The van der Waals surface area contributed by atoms with E-state index in [-0.39, 0.29) is 5.76 Å². The minimum absolute atomic E-state index is 0.0370. The molecule has 1 heterocycles. The van der Waals surface area contributed by atoms with Crippen LogP contribution in [0.4, 0.5) is 8.78 Å². The lowest BCUT2D eigenvalue weighted by Gasteiger charge is -2.05. The van der Waals surface area contributed by atoms with Crippen LogP contribution in [0.1, 0.15) is 6.92 Å². The molecular formula is C5H4F2O2. The average molecular weight is 134 g/mol. The number of ether oxygens (including phenoxy) is 1. The van der Waals surface area contributed by atoms with Crippen LogP contribution >= 0.6 is 0 Å². The molecular weight excluding hydrogens is 130 g/mol. The number of halogens is 2. The van der Waals surface area contributed by atoms with Crippen molar-refractivity contribution in [3.05, 3.63) is 11.8 Å². The van der Waals surface area contributed by atoms with Gasteiger partial charge in [-0.25, -0.2) is 0 Å². The summed E-state index contributed by atoms with van der Waals surface area (Å²) in [5.41, 5.74) is 0. The van der Waals surface area contributed by atoms with Crippen LogP contribution in [0.25, 0.3) is 0 Å². The summed E-state index contributed by atoms with van der Waals surface area (Å²) < 4.78 is 27.8. The molecule has 4 heteroatoms. The second-order valence-electron chi connectivity index (χ2n) is 1.74. The number of carbonyl (C=O) groups excluding carboxylic acids is 1. The van der Waals surface area contributed by atoms with E-state index in [2.05, 4.69) is 4.74 Å². The monoisotopic (exact) mass is 134 g/mol. The first kappa shape index (κ1) is 6.19. The van der Waals surface area contributed by atoms with Crippen molar-refractivity contribution < 1.29 is 18.3 Å². The third-order valence-corrected chi connectivity index (χ3v) is 0.910. The minimum Gasteiger partial charge on any atom is -0.431 e. The summed E-state index contributed by atoms with van der Waals surface area (Å²) in [6.07, 6.45) is -2.83. The Hall–Kier alpha value is -0.930. The van der Waals surface area contributed by atoms with Gasteiger partial charge in [-0.2, -0.15) is 8.78 Å². The number of alkyl halides is 2. The molecule has 0 amide bonds. The molecule has 1 rings (SSSR count). The average Bonchev–Trinajstić information content (AvgIpc) is 1.79. The Labute approximate surface area is 50.1 Å². The van der Waals surface area contributed by atoms with Crippen LogP contribution in [0.3, 0.4) is 0 Å². The number of rotatable bonds is 0. The fourth-order valence-corrected chi connectivity index (χ4v) is 0.551. The lowest BCUT2D eigenvalue weighted by Crippen LogP contribution is -2.23. The number of allylic oxidation sites excluding steroid dienone is 1. The maximum atomic E-state index is 12.0. The Kier molecular flexibility index (Phi) is 1.05. The molecule has 1 aliphatic heterocycles. The number of hydrogen-bond donors (Lipinski definition) is 0. The summed E-state index contributed by atoms with van der Waals surface area (Å²) in [5.74, 6) is -1.31. The molecule has 0 unspecified atom stereocenters. The molecule has 0 saturated carbocycles. The first-order valence-corrected chi connectivity index (χ1v) is 2.32. The van der Waals surface area contributed by atoms with Crippen LogP contribution in [0.5, 0.6) is 0 Å². The van der Waals surface area contributed by atoms with Crippen LogP contribution in [0.15, 0.2) is 11.8 Å². The van der Waals surface area contributed by atoms with Crippen LogP contribution in [0, 0.1) is 0 Å². The van der Waals surface area contributed by atoms with Crippen molar-refractivity contribution in [2.45, 2.75) is 13.0 Å². The van der Waals surface area contributed by atoms with Crippen molar-refractivity contribution in [1.82, 2.24) is 0 Å². The molecule has 0 radical (unpaired) electrons. The third kappa shape index (κ3) is 0.918. The van der Waals surface area contributed by atoms with Crippen molar-refractivity contribution in [3.8, 4) is 0 Å². The lowest BCUT2D eigenvalue weighted by molar-refractivity contribution is -0.198. The van der Waals surface area contributed by atoms with Crippen molar-refractivity contribution in [2.75, 3.05) is 0 Å². The molecule has 0 atom stereocenters. The largest absolute Gasteiger partial charge is 0.465 e. The van der Waals surface area contributed by atoms with Gasteiger partial charge in [0.2, 0.25) is 0 Å². The SMILES string of the molecule is CC1=CC(=O)C(F)(F)O1. The normalized spacial score (nSPS) is 23.4. The molecule has 0 fully saturated rings. The van der Waals surface area contributed by atoms with E-state index in [1.165, 1.54) is 6.92 Å². The summed E-state index contributed by atoms with van der Waals surface area (Å²) in [6, 6.07) is 0. The van der Waals surface area contributed by atoms with Gasteiger partial charge in [0, 0.05) is 6.08 Å². The van der Waals surface area contributed by atoms with E-state index in [1.807, 2.05) is 0 Å². The molecule has 9 heavy (non-hydrogen) atoms. The highest BCUT2D eigenvalue weighted by molar-refractivity contribution is 5.96. The fourth-order valence-electron chi connectivity index (χ4n) is 0.551. The maximum absolute atomic E-state index is 12.0. The van der Waals surface area contributed by atoms with E-state index in [0.29, 0.717) is 0 Å². The van der Waals surface area contributed by atoms with Crippen LogP contribution in [-0.4, -0.2) is 11.9 Å². The third-order valence-electron chi connectivity index (χ3n) is 0.910. The second-order valence-corrected chi connectivity index (χ2v) is 1.74. The van der Waals surface area contributed by atoms with Gasteiger partial charge in [0.1, 0.15) is 5.76 Å². The van der Waals surface area contributed by atoms with Gasteiger partial charge in [-0.3, -0.25) is 4.79 Å². The van der Waals surface area contributed by atoms with Gasteiger partial charge in [0.05, 0.1) is 0 Å². The predicted octanol–water partition coefficient (Wildman–Crippen LogP) is 1.08. The first-order chi connectivity index (χ1) is 4.02. The summed E-state index contributed by atoms with van der Waals surface area (Å²) in [7, 11) is 0. The minimum atomic E-state index is -3.61. The van der Waals surface area contributed by atoms with E-state index in [9.17, 15) is 13.6 Å². The zero-order valence-corrected chi connectivity index (χ0v) is 4.65. The number of ketones is 1. The molecule has 0 aromatic heterocycles. The van der Waals surface area contributed by atoms with E-state index >= 15 is 0 Å². The van der Waals surface area contributed by atoms with Crippen molar-refractivity contribution in [2.24, 2.45) is 0 Å². The quantitative estimate of drug-likeness (QED) is 0.495. The predicted molar refractivity (Wildman–Crippen MR) is 24.8 cm³/mol. The molecule has 2 nitrogen and oxygen atoms in total. The lowest BCUT2D eigenvalue weighted by atomic mass is 10.4. The van der Waals surface area contributed by atoms with E-state index in [1.54, 1.807) is 0 Å². The van der Waals surface area contributed by atoms with E-state index in [4.69, 9.17) is 0 Å². The van der Waals surface area contributed by atoms with Crippen molar-refractivity contribution >= 4 is 5.78 Å². The topological polar surface area (TPSA) is 26.3 Å². The van der Waals surface area contributed by atoms with Crippen molar-refractivity contribution in [3.63, 3.8) is 0 Å². The van der Waals surface area contributed by atoms with Crippen LogP contribution in [-0.2, 0) is 9.53 Å². The van der Waals surface area contributed by atoms with Crippen molar-refractivity contribution in [1.29, 1.82) is 0 Å². The Morgan fingerprint density at radius 3 is 2.33 bits per heavy atom. The van der Waals surface area contributed by atoms with Gasteiger partial charge in [0.25, 0.3) is 5.78 Å². The number of carbonyl (C=O) groups is 1. The standard InChI is InChI=1S/C5H4F2O2/c1-3-2-4(8)5(6,7)9-3/h2H,1H3. The summed E-state index contributed by atoms with van der Waals surface area (Å²) in [6.45, 7) is 1.30. The smallest absolute Gasteiger partial charge is 0.431 e. The molecule has 50 valence electrons. The van der Waals surface area contributed by atoms with Gasteiger partial charge in [-0.05, 0) is 6.92 Å². The van der Waals surface area contributed by atoms with Crippen LogP contribution in [0.2, 0.25) is 0 Å². The highest BCUT2D eigenvalue weighted by atomic mass is 19.3. The first-order valence-electron chi connectivity index (χ1n) is 2.32. The molecule has 0 aromatic carbocycles. The highest BCUT2D eigenvalue weighted by Crippen LogP contribution is 2.27. The van der Waals surface area contributed by atoms with Gasteiger partial charge >= 0.3 is 6.11 Å². The number of hydrogen-bond acceptors (Lipinski definition) is 2. The summed E-state index contributed by atoms with van der Waals surface area (Å²) in [4.78, 5) is 10.2. The van der Waals surface area contributed by atoms with Gasteiger partial charge in [0.15, 0.2) is 0 Å². The Balaban J connectivity index is 2.84. The molecule has 0 N–H and O–H groups in total. The molecule has 0 saturated heterocycles. The van der Waals surface area contributed by atoms with Crippen LogP contribution < -0.4 is 0 Å². The summed E-state index contributed by atoms with van der Waals surface area (Å²) in [5, 5.41) is 0. The molecule has 0 aliphatic carbocycles. The van der Waals surface area contributed by atoms with E-state index in [0.717, 1.165) is 6.08 Å². The van der Waals surface area contributed by atoms with Gasteiger partial charge < -0.3 is 4.74 Å². The van der Waals surface area contributed by atoms with Gasteiger partial charge in [-0.1, -0.05) is 0 Å². The molecule has 0 spiro atoms. The second kappa shape index (κ2) is 1.52. The highest BCUT2D eigenvalue weighted by Gasteiger charge is 2.44. The molecule has 1 aliphatic rings. The van der Waals surface area contributed by atoms with E-state index < -0.39 is 11.9 Å². The fraction of sp³-hybridized carbons (Fsp3) is 0.400. The van der Waals surface area contributed by atoms with Gasteiger partial charge in [-0.15, -0.1) is 0 Å².